The van der Waals surface area contributed by atoms with Gasteiger partial charge in [0.15, 0.2) is 17.2 Å². The van der Waals surface area contributed by atoms with E-state index >= 15 is 0 Å². The van der Waals surface area contributed by atoms with E-state index < -0.39 is 0 Å². The van der Waals surface area contributed by atoms with Crippen molar-refractivity contribution in [2.75, 3.05) is 12.4 Å². The molecule has 0 radical (unpaired) electrons. The number of aromatic hydroxyl groups is 1. The number of benzene rings is 3. The van der Waals surface area contributed by atoms with Gasteiger partial charge in [-0.3, -0.25) is 0 Å². The molecular formula is C25H22N2O2. The van der Waals surface area contributed by atoms with Crippen molar-refractivity contribution < 1.29 is 9.84 Å². The van der Waals surface area contributed by atoms with Gasteiger partial charge >= 0.3 is 0 Å². The molecule has 2 N–H and O–H groups in total. The van der Waals surface area contributed by atoms with Crippen LogP contribution in [0.2, 0.25) is 0 Å². The van der Waals surface area contributed by atoms with E-state index in [0.29, 0.717) is 17.4 Å². The van der Waals surface area contributed by atoms with Crippen molar-refractivity contribution in [3.63, 3.8) is 0 Å². The van der Waals surface area contributed by atoms with E-state index in [4.69, 9.17) is 11.3 Å². The molecule has 29 heavy (non-hydrogen) atoms. The van der Waals surface area contributed by atoms with Gasteiger partial charge in [0, 0.05) is 11.6 Å². The van der Waals surface area contributed by atoms with Gasteiger partial charge in [-0.1, -0.05) is 42.5 Å². The smallest absolute Gasteiger partial charge is 0.187 e. The van der Waals surface area contributed by atoms with Gasteiger partial charge in [0.05, 0.1) is 19.7 Å². The fourth-order valence-electron chi connectivity index (χ4n) is 5.04. The van der Waals surface area contributed by atoms with Crippen molar-refractivity contribution in [3.05, 3.63) is 94.3 Å². The van der Waals surface area contributed by atoms with Crippen molar-refractivity contribution >= 4 is 11.4 Å². The second kappa shape index (κ2) is 6.86. The lowest BCUT2D eigenvalue weighted by Crippen LogP contribution is -2.35. The Bertz CT molecular complexity index is 1130. The predicted octanol–water partition coefficient (Wildman–Crippen LogP) is 5.81. The lowest BCUT2D eigenvalue weighted by atomic mass is 9.65. The maximum Gasteiger partial charge on any atom is 0.187 e. The first-order valence-corrected chi connectivity index (χ1v) is 9.92. The van der Waals surface area contributed by atoms with Crippen molar-refractivity contribution in [1.29, 1.82) is 0 Å². The summed E-state index contributed by atoms with van der Waals surface area (Å²) in [6, 6.07) is 20.4. The van der Waals surface area contributed by atoms with Crippen LogP contribution in [-0.4, -0.2) is 12.2 Å². The van der Waals surface area contributed by atoms with Gasteiger partial charge in [-0.15, -0.1) is 0 Å². The summed E-state index contributed by atoms with van der Waals surface area (Å²) in [5.41, 5.74) is 6.83. The predicted molar refractivity (Wildman–Crippen MR) is 114 cm³/mol. The lowest BCUT2D eigenvalue weighted by Gasteiger charge is -2.45. The number of hydrogen-bond donors (Lipinski definition) is 2. The van der Waals surface area contributed by atoms with Gasteiger partial charge in [-0.25, -0.2) is 4.85 Å². The van der Waals surface area contributed by atoms with E-state index in [2.05, 4.69) is 34.4 Å². The molecule has 1 aliphatic heterocycles. The highest BCUT2D eigenvalue weighted by Crippen LogP contribution is 2.53. The van der Waals surface area contributed by atoms with Crippen molar-refractivity contribution in [2.24, 2.45) is 5.92 Å². The first kappa shape index (κ1) is 17.6. The van der Waals surface area contributed by atoms with Crippen LogP contribution < -0.4 is 10.1 Å². The fraction of sp³-hybridized carbons (Fsp3) is 0.240. The largest absolute Gasteiger partial charge is 0.504 e. The van der Waals surface area contributed by atoms with Crippen LogP contribution in [0.4, 0.5) is 11.4 Å². The quantitative estimate of drug-likeness (QED) is 0.550. The summed E-state index contributed by atoms with van der Waals surface area (Å²) in [6.07, 6.45) is 2.10. The molecule has 3 aromatic carbocycles. The standard InChI is InChI=1S/C25H22N2O2/c1-26-17-9-11-21-20(14-17)24-18-6-4-3-5-15(18)7-10-19(24)25(27-21)16-8-12-22(28)23(13-16)29-2/h3-6,8-9,11-14,19,24-25,27-28H,7,10H2,2H3/t19-,24+,25?/m1/s1. The maximum absolute atomic E-state index is 10.0. The molecular weight excluding hydrogens is 360 g/mol. The van der Waals surface area contributed by atoms with Crippen molar-refractivity contribution in [1.82, 2.24) is 0 Å². The highest BCUT2D eigenvalue weighted by molar-refractivity contribution is 5.67. The van der Waals surface area contributed by atoms with Crippen LogP contribution in [0.5, 0.6) is 11.5 Å². The molecule has 4 nitrogen and oxygen atoms in total. The Balaban J connectivity index is 1.68. The van der Waals surface area contributed by atoms with Gasteiger partial charge in [0.1, 0.15) is 0 Å². The molecule has 0 bridgehead atoms. The third-order valence-corrected chi connectivity index (χ3v) is 6.37. The minimum Gasteiger partial charge on any atom is -0.504 e. The molecule has 0 amide bonds. The fourth-order valence-corrected chi connectivity index (χ4v) is 5.04. The molecule has 0 saturated heterocycles. The monoisotopic (exact) mass is 382 g/mol. The molecule has 5 rings (SSSR count). The Hall–Kier alpha value is -3.45. The van der Waals surface area contributed by atoms with Crippen LogP contribution in [0.1, 0.15) is 40.6 Å². The van der Waals surface area contributed by atoms with Crippen molar-refractivity contribution in [2.45, 2.75) is 24.8 Å². The molecule has 0 fully saturated rings. The number of rotatable bonds is 2. The number of nitrogens with one attached hydrogen (secondary N) is 1. The van der Waals surface area contributed by atoms with Crippen LogP contribution in [0, 0.1) is 12.5 Å². The second-order valence-electron chi connectivity index (χ2n) is 7.82. The van der Waals surface area contributed by atoms with Crippen LogP contribution >= 0.6 is 0 Å². The number of phenolic OH excluding ortho intramolecular Hbond substituents is 1. The second-order valence-corrected chi connectivity index (χ2v) is 7.82. The Labute approximate surface area is 170 Å². The van der Waals surface area contributed by atoms with Gasteiger partial charge in [0.2, 0.25) is 0 Å². The number of anilines is 1. The highest BCUT2D eigenvalue weighted by atomic mass is 16.5. The average Bonchev–Trinajstić information content (AvgIpc) is 2.78. The molecule has 2 aliphatic rings. The number of nitrogens with zero attached hydrogens (tertiary/aromatic N) is 1. The first-order valence-electron chi connectivity index (χ1n) is 9.92. The summed E-state index contributed by atoms with van der Waals surface area (Å²) >= 11 is 0. The number of fused-ring (bicyclic) bond motifs is 5. The van der Waals surface area contributed by atoms with Gasteiger partial charge in [-0.2, -0.15) is 0 Å². The van der Waals surface area contributed by atoms with Crippen LogP contribution in [0.25, 0.3) is 4.85 Å². The van der Waals surface area contributed by atoms with Crippen LogP contribution in [-0.2, 0) is 6.42 Å². The lowest BCUT2D eigenvalue weighted by molar-refractivity contribution is 0.344. The zero-order valence-electron chi connectivity index (χ0n) is 16.2. The van der Waals surface area contributed by atoms with Crippen LogP contribution in [0.3, 0.4) is 0 Å². The van der Waals surface area contributed by atoms with E-state index in [0.717, 1.165) is 24.1 Å². The Kier molecular flexibility index (Phi) is 4.17. The summed E-state index contributed by atoms with van der Waals surface area (Å²) in [6.45, 7) is 7.44. The van der Waals surface area contributed by atoms with Crippen molar-refractivity contribution in [3.8, 4) is 11.5 Å². The number of hydrogen-bond acceptors (Lipinski definition) is 3. The molecule has 144 valence electrons. The minimum absolute atomic E-state index is 0.106. The summed E-state index contributed by atoms with van der Waals surface area (Å²) in [7, 11) is 1.58. The topological polar surface area (TPSA) is 45.9 Å². The number of phenols is 1. The van der Waals surface area contributed by atoms with E-state index in [9.17, 15) is 5.11 Å². The first-order chi connectivity index (χ1) is 14.2. The van der Waals surface area contributed by atoms with E-state index in [1.54, 1.807) is 13.2 Å². The number of methoxy groups -OCH3 is 1. The normalized spacial score (nSPS) is 21.7. The SMILES string of the molecule is [C-]#[N+]c1ccc2c(c1)[C@H]1c3ccccc3CC[C@H]1C(c1ccc(O)c(OC)c1)N2. The molecule has 0 aromatic heterocycles. The summed E-state index contributed by atoms with van der Waals surface area (Å²) < 4.78 is 5.36. The van der Waals surface area contributed by atoms with Gasteiger partial charge in [0.25, 0.3) is 0 Å². The zero-order valence-corrected chi connectivity index (χ0v) is 16.2. The molecule has 3 atom stereocenters. The number of aryl methyl sites for hydroxylation is 1. The minimum atomic E-state index is 0.106. The van der Waals surface area contributed by atoms with E-state index in [1.165, 1.54) is 16.7 Å². The van der Waals surface area contributed by atoms with Crippen LogP contribution in [0.15, 0.2) is 60.7 Å². The molecule has 1 heterocycles. The molecule has 0 spiro atoms. The maximum atomic E-state index is 10.0. The summed E-state index contributed by atoms with van der Waals surface area (Å²) in [5.74, 6) is 1.24. The summed E-state index contributed by atoms with van der Waals surface area (Å²) in [4.78, 5) is 3.66. The number of ether oxygens (including phenoxy) is 1. The molecule has 1 unspecified atom stereocenters. The van der Waals surface area contributed by atoms with E-state index in [-0.39, 0.29) is 17.7 Å². The highest BCUT2D eigenvalue weighted by Gasteiger charge is 2.41. The van der Waals surface area contributed by atoms with E-state index in [1.807, 2.05) is 30.3 Å². The molecule has 0 saturated carbocycles. The molecule has 4 heteroatoms. The Morgan fingerprint density at radius 2 is 1.93 bits per heavy atom. The third kappa shape index (κ3) is 2.82. The molecule has 1 aliphatic carbocycles. The third-order valence-electron chi connectivity index (χ3n) is 6.37. The summed E-state index contributed by atoms with van der Waals surface area (Å²) in [5, 5.41) is 13.8. The van der Waals surface area contributed by atoms with Gasteiger partial charge < -0.3 is 15.2 Å². The Morgan fingerprint density at radius 1 is 1.07 bits per heavy atom. The van der Waals surface area contributed by atoms with Gasteiger partial charge in [-0.05, 0) is 59.2 Å². The molecule has 3 aromatic rings. The Morgan fingerprint density at radius 3 is 2.76 bits per heavy atom. The average molecular weight is 382 g/mol. The zero-order chi connectivity index (χ0) is 20.0.